The number of nitrogen functional groups attached to an aromatic ring is 1. The molecule has 0 radical (unpaired) electrons. The summed E-state index contributed by atoms with van der Waals surface area (Å²) >= 11 is 0. The number of carbonyl (C=O) groups is 1. The fraction of sp³-hybridized carbons (Fsp3) is 0.0370. The zero-order chi connectivity index (χ0) is 25.1. The van der Waals surface area contributed by atoms with Gasteiger partial charge in [0, 0.05) is 29.6 Å². The zero-order valence-corrected chi connectivity index (χ0v) is 18.9. The molecule has 0 aliphatic rings. The molecule has 2 aromatic heterocycles. The van der Waals surface area contributed by atoms with E-state index in [1.165, 1.54) is 24.3 Å². The van der Waals surface area contributed by atoms with Gasteiger partial charge in [-0.25, -0.2) is 28.5 Å². The first-order valence-electron chi connectivity index (χ1n) is 11.0. The number of amides is 2. The lowest BCUT2D eigenvalue weighted by molar-refractivity contribution is 0.251. The number of halogens is 2. The predicted molar refractivity (Wildman–Crippen MR) is 135 cm³/mol. The van der Waals surface area contributed by atoms with Crippen LogP contribution in [-0.4, -0.2) is 21.0 Å². The summed E-state index contributed by atoms with van der Waals surface area (Å²) in [7, 11) is 0. The van der Waals surface area contributed by atoms with E-state index in [0.29, 0.717) is 45.1 Å². The number of aromatic nitrogens is 3. The van der Waals surface area contributed by atoms with Gasteiger partial charge >= 0.3 is 6.03 Å². The second kappa shape index (κ2) is 9.75. The van der Waals surface area contributed by atoms with Gasteiger partial charge in [-0.1, -0.05) is 6.07 Å². The van der Waals surface area contributed by atoms with Crippen LogP contribution in [0.3, 0.4) is 0 Å². The number of rotatable bonds is 5. The van der Waals surface area contributed by atoms with Gasteiger partial charge in [-0.05, 0) is 78.4 Å². The molecule has 0 unspecified atom stereocenters. The van der Waals surface area contributed by atoms with Crippen molar-refractivity contribution in [1.82, 2.24) is 20.3 Å². The van der Waals surface area contributed by atoms with Crippen LogP contribution < -0.4 is 16.4 Å². The third-order valence-corrected chi connectivity index (χ3v) is 5.46. The lowest BCUT2D eigenvalue weighted by Gasteiger charge is -2.12. The highest BCUT2D eigenvalue weighted by molar-refractivity contribution is 5.93. The van der Waals surface area contributed by atoms with Crippen molar-refractivity contribution in [2.24, 2.45) is 0 Å². The maximum atomic E-state index is 13.6. The van der Waals surface area contributed by atoms with Crippen LogP contribution in [0.2, 0.25) is 0 Å². The van der Waals surface area contributed by atoms with E-state index >= 15 is 0 Å². The molecule has 0 aliphatic carbocycles. The van der Waals surface area contributed by atoms with Crippen LogP contribution in [0.15, 0.2) is 85.1 Å². The molecule has 0 saturated carbocycles. The summed E-state index contributed by atoms with van der Waals surface area (Å²) in [5.74, 6) is -0.330. The molecule has 36 heavy (non-hydrogen) atoms. The number of hydrogen-bond donors (Lipinski definition) is 3. The van der Waals surface area contributed by atoms with Gasteiger partial charge in [-0.15, -0.1) is 0 Å². The van der Waals surface area contributed by atoms with Crippen molar-refractivity contribution >= 4 is 28.6 Å². The Kier molecular flexibility index (Phi) is 6.19. The lowest BCUT2D eigenvalue weighted by atomic mass is 10.0. The summed E-state index contributed by atoms with van der Waals surface area (Å²) in [6, 6.07) is 20.0. The molecule has 7 nitrogen and oxygen atoms in total. The fourth-order valence-electron chi connectivity index (χ4n) is 3.65. The maximum absolute atomic E-state index is 13.6. The van der Waals surface area contributed by atoms with E-state index in [1.807, 2.05) is 0 Å². The molecule has 0 fully saturated rings. The number of benzene rings is 3. The van der Waals surface area contributed by atoms with Crippen molar-refractivity contribution in [2.75, 3.05) is 11.1 Å². The standard InChI is InChI=1S/C27H20F2N6O/c28-19-6-2-17(3-7-19)25-26(18-4-8-20(29)9-5-18)35-23-13-21(10-11-22(23)34-25)33-27(36)32-15-16-1-12-24(30)31-14-16/h1-14H,15H2,(H2,30,31)(H2,32,33,36). The van der Waals surface area contributed by atoms with Crippen molar-refractivity contribution in [3.8, 4) is 22.5 Å². The Hall–Kier alpha value is -4.92. The van der Waals surface area contributed by atoms with E-state index in [2.05, 4.69) is 15.6 Å². The third-order valence-electron chi connectivity index (χ3n) is 5.46. The average molecular weight is 482 g/mol. The molecule has 2 amide bonds. The van der Waals surface area contributed by atoms with E-state index in [4.69, 9.17) is 15.7 Å². The highest BCUT2D eigenvalue weighted by Gasteiger charge is 2.14. The smallest absolute Gasteiger partial charge is 0.319 e. The van der Waals surface area contributed by atoms with Gasteiger partial charge in [0.15, 0.2) is 0 Å². The lowest BCUT2D eigenvalue weighted by Crippen LogP contribution is -2.28. The van der Waals surface area contributed by atoms with E-state index in [9.17, 15) is 13.6 Å². The molecule has 5 rings (SSSR count). The minimum absolute atomic E-state index is 0.280. The van der Waals surface area contributed by atoms with Crippen LogP contribution in [0.5, 0.6) is 0 Å². The van der Waals surface area contributed by atoms with Crippen molar-refractivity contribution < 1.29 is 13.6 Å². The molecular weight excluding hydrogens is 462 g/mol. The van der Waals surface area contributed by atoms with Crippen LogP contribution in [0.4, 0.5) is 25.1 Å². The Morgan fingerprint density at radius 1 is 0.778 bits per heavy atom. The number of carbonyl (C=O) groups excluding carboxylic acids is 1. The molecule has 2 heterocycles. The van der Waals surface area contributed by atoms with Crippen molar-refractivity contribution in [3.05, 3.63) is 102 Å². The Morgan fingerprint density at radius 3 is 1.97 bits per heavy atom. The number of nitrogens with two attached hydrogens (primary N) is 1. The summed E-state index contributed by atoms with van der Waals surface area (Å²) in [6.07, 6.45) is 1.59. The number of nitrogens with one attached hydrogen (secondary N) is 2. The van der Waals surface area contributed by atoms with Gasteiger partial charge in [0.2, 0.25) is 0 Å². The quantitative estimate of drug-likeness (QED) is 0.305. The van der Waals surface area contributed by atoms with Crippen LogP contribution in [0, 0.1) is 11.6 Å². The first-order chi connectivity index (χ1) is 17.4. The number of pyridine rings is 1. The molecule has 4 N–H and O–H groups in total. The van der Waals surface area contributed by atoms with Gasteiger partial charge in [0.1, 0.15) is 17.5 Å². The van der Waals surface area contributed by atoms with Crippen LogP contribution in [0.1, 0.15) is 5.56 Å². The Balaban J connectivity index is 1.45. The summed E-state index contributed by atoms with van der Waals surface area (Å²) in [6.45, 7) is 0.280. The van der Waals surface area contributed by atoms with Crippen molar-refractivity contribution in [2.45, 2.75) is 6.54 Å². The van der Waals surface area contributed by atoms with E-state index in [-0.39, 0.29) is 18.2 Å². The number of fused-ring (bicyclic) bond motifs is 1. The minimum atomic E-state index is -0.402. The second-order valence-corrected chi connectivity index (χ2v) is 8.04. The molecule has 178 valence electrons. The van der Waals surface area contributed by atoms with Gasteiger partial charge < -0.3 is 16.4 Å². The maximum Gasteiger partial charge on any atom is 0.319 e. The predicted octanol–water partition coefficient (Wildman–Crippen LogP) is 5.54. The average Bonchev–Trinajstić information content (AvgIpc) is 2.88. The minimum Gasteiger partial charge on any atom is -0.384 e. The van der Waals surface area contributed by atoms with Gasteiger partial charge in [0.05, 0.1) is 22.4 Å². The number of nitrogens with zero attached hydrogens (tertiary/aromatic N) is 3. The van der Waals surface area contributed by atoms with Crippen molar-refractivity contribution in [3.63, 3.8) is 0 Å². The number of hydrogen-bond acceptors (Lipinski definition) is 5. The topological polar surface area (TPSA) is 106 Å². The highest BCUT2D eigenvalue weighted by Crippen LogP contribution is 2.32. The van der Waals surface area contributed by atoms with E-state index in [1.54, 1.807) is 60.8 Å². The summed E-state index contributed by atoms with van der Waals surface area (Å²) in [4.78, 5) is 25.9. The summed E-state index contributed by atoms with van der Waals surface area (Å²) in [5.41, 5.74) is 10.4. The molecule has 0 aliphatic heterocycles. The normalized spacial score (nSPS) is 10.8. The Bertz CT molecular complexity index is 1540. The third kappa shape index (κ3) is 5.10. The molecule has 3 aromatic carbocycles. The Morgan fingerprint density at radius 2 is 1.39 bits per heavy atom. The molecule has 0 spiro atoms. The molecule has 0 bridgehead atoms. The van der Waals surface area contributed by atoms with E-state index < -0.39 is 6.03 Å². The summed E-state index contributed by atoms with van der Waals surface area (Å²) < 4.78 is 27.1. The van der Waals surface area contributed by atoms with Gasteiger partial charge in [-0.2, -0.15) is 0 Å². The van der Waals surface area contributed by atoms with Crippen molar-refractivity contribution in [1.29, 1.82) is 0 Å². The second-order valence-electron chi connectivity index (χ2n) is 8.04. The monoisotopic (exact) mass is 482 g/mol. The molecule has 9 heteroatoms. The van der Waals surface area contributed by atoms with Crippen LogP contribution >= 0.6 is 0 Å². The highest BCUT2D eigenvalue weighted by atomic mass is 19.1. The fourth-order valence-corrected chi connectivity index (χ4v) is 3.65. The van der Waals surface area contributed by atoms with Gasteiger partial charge in [0.25, 0.3) is 0 Å². The van der Waals surface area contributed by atoms with Crippen LogP contribution in [0.25, 0.3) is 33.5 Å². The van der Waals surface area contributed by atoms with Gasteiger partial charge in [-0.3, -0.25) is 0 Å². The number of urea groups is 1. The largest absolute Gasteiger partial charge is 0.384 e. The molecule has 5 aromatic rings. The zero-order valence-electron chi connectivity index (χ0n) is 18.9. The van der Waals surface area contributed by atoms with Crippen LogP contribution in [-0.2, 0) is 6.54 Å². The first kappa shape index (κ1) is 22.9. The molecule has 0 atom stereocenters. The number of anilines is 2. The molecular formula is C27H20F2N6O. The molecule has 0 saturated heterocycles. The SMILES string of the molecule is Nc1ccc(CNC(=O)Nc2ccc3nc(-c4ccc(F)cc4)c(-c4ccc(F)cc4)nc3c2)cn1. The Labute approximate surface area is 205 Å². The summed E-state index contributed by atoms with van der Waals surface area (Å²) in [5, 5.41) is 5.54. The first-order valence-corrected chi connectivity index (χ1v) is 11.0. The van der Waals surface area contributed by atoms with E-state index in [0.717, 1.165) is 5.56 Å².